The Morgan fingerprint density at radius 1 is 0.923 bits per heavy atom. The molecular formula is C23H20N2O. The Morgan fingerprint density at radius 2 is 1.65 bits per heavy atom. The van der Waals surface area contributed by atoms with Gasteiger partial charge in [-0.3, -0.25) is 9.78 Å². The molecule has 0 saturated heterocycles. The fraction of sp³-hybridized carbons (Fsp3) is 0.130. The highest BCUT2D eigenvalue weighted by molar-refractivity contribution is 6.14. The maximum absolute atomic E-state index is 13.4. The molecule has 0 fully saturated rings. The molecule has 3 aromatic carbocycles. The van der Waals surface area contributed by atoms with Gasteiger partial charge in [-0.25, -0.2) is 0 Å². The van der Waals surface area contributed by atoms with Crippen molar-refractivity contribution in [3.05, 3.63) is 84.1 Å². The molecule has 26 heavy (non-hydrogen) atoms. The smallest absolute Gasteiger partial charge is 0.259 e. The molecule has 1 aromatic heterocycles. The van der Waals surface area contributed by atoms with Gasteiger partial charge in [0.1, 0.15) is 0 Å². The number of anilines is 1. The summed E-state index contributed by atoms with van der Waals surface area (Å²) in [5.74, 6) is 0.00415. The van der Waals surface area contributed by atoms with Crippen molar-refractivity contribution in [3.8, 4) is 0 Å². The van der Waals surface area contributed by atoms with Crippen LogP contribution in [0.5, 0.6) is 0 Å². The number of rotatable bonds is 3. The second kappa shape index (κ2) is 6.60. The molecule has 0 saturated carbocycles. The number of fused-ring (bicyclic) bond motifs is 2. The molecule has 0 spiro atoms. The lowest BCUT2D eigenvalue weighted by molar-refractivity contribution is 0.0990. The zero-order valence-corrected chi connectivity index (χ0v) is 14.9. The number of carbonyl (C=O) groups is 1. The van der Waals surface area contributed by atoms with Crippen molar-refractivity contribution < 1.29 is 4.79 Å². The third-order valence-corrected chi connectivity index (χ3v) is 4.68. The summed E-state index contributed by atoms with van der Waals surface area (Å²) in [7, 11) is 0. The largest absolute Gasteiger partial charge is 0.309 e. The number of carbonyl (C=O) groups excluding carboxylic acids is 1. The molecule has 128 valence electrons. The third-order valence-electron chi connectivity index (χ3n) is 4.68. The Balaban J connectivity index is 1.82. The van der Waals surface area contributed by atoms with Gasteiger partial charge in [0.25, 0.3) is 5.91 Å². The standard InChI is InChI=1S/C23H20N2O/c1-3-25(19-13-12-17-8-4-5-9-18(17)15-19)23(26)21-14-16(2)24-22-11-7-6-10-20(21)22/h4-15H,3H2,1-2H3. The number of amides is 1. The maximum Gasteiger partial charge on any atom is 0.259 e. The van der Waals surface area contributed by atoms with Crippen LogP contribution in [0.2, 0.25) is 0 Å². The maximum atomic E-state index is 13.4. The molecule has 0 N–H and O–H groups in total. The van der Waals surface area contributed by atoms with Crippen LogP contribution in [0.15, 0.2) is 72.8 Å². The van der Waals surface area contributed by atoms with Gasteiger partial charge in [-0.1, -0.05) is 48.5 Å². The molecule has 0 aliphatic carbocycles. The number of benzene rings is 3. The Hall–Kier alpha value is -3.20. The number of hydrogen-bond acceptors (Lipinski definition) is 2. The van der Waals surface area contributed by atoms with Gasteiger partial charge in [0.05, 0.1) is 11.1 Å². The molecule has 1 amide bonds. The highest BCUT2D eigenvalue weighted by atomic mass is 16.2. The van der Waals surface area contributed by atoms with Gasteiger partial charge in [0.15, 0.2) is 0 Å². The normalized spacial score (nSPS) is 11.0. The fourth-order valence-electron chi connectivity index (χ4n) is 3.42. The van der Waals surface area contributed by atoms with Gasteiger partial charge in [0, 0.05) is 23.3 Å². The van der Waals surface area contributed by atoms with Gasteiger partial charge in [0.2, 0.25) is 0 Å². The number of hydrogen-bond donors (Lipinski definition) is 0. The molecular weight excluding hydrogens is 320 g/mol. The van der Waals surface area contributed by atoms with Crippen LogP contribution in [-0.4, -0.2) is 17.4 Å². The monoisotopic (exact) mass is 340 g/mol. The minimum Gasteiger partial charge on any atom is -0.309 e. The molecule has 4 aromatic rings. The summed E-state index contributed by atoms with van der Waals surface area (Å²) in [6.07, 6.45) is 0. The first kappa shape index (κ1) is 16.3. The van der Waals surface area contributed by atoms with Crippen LogP contribution in [-0.2, 0) is 0 Å². The SMILES string of the molecule is CCN(C(=O)c1cc(C)nc2ccccc12)c1ccc2ccccc2c1. The van der Waals surface area contributed by atoms with Crippen LogP contribution >= 0.6 is 0 Å². The Bertz CT molecular complexity index is 1120. The fourth-order valence-corrected chi connectivity index (χ4v) is 3.42. The van der Waals surface area contributed by atoms with Crippen LogP contribution < -0.4 is 4.90 Å². The first-order valence-electron chi connectivity index (χ1n) is 8.84. The van der Waals surface area contributed by atoms with Gasteiger partial charge in [-0.2, -0.15) is 0 Å². The van der Waals surface area contributed by atoms with Crippen molar-refractivity contribution in [3.63, 3.8) is 0 Å². The molecule has 1 heterocycles. The molecule has 0 aliphatic rings. The van der Waals surface area contributed by atoms with E-state index in [4.69, 9.17) is 0 Å². The zero-order valence-electron chi connectivity index (χ0n) is 14.9. The topological polar surface area (TPSA) is 33.2 Å². The van der Waals surface area contributed by atoms with Crippen molar-refractivity contribution in [2.24, 2.45) is 0 Å². The van der Waals surface area contributed by atoms with E-state index < -0.39 is 0 Å². The number of nitrogens with zero attached hydrogens (tertiary/aromatic N) is 2. The lowest BCUT2D eigenvalue weighted by atomic mass is 10.1. The highest BCUT2D eigenvalue weighted by Crippen LogP contribution is 2.26. The number of aryl methyl sites for hydroxylation is 1. The van der Waals surface area contributed by atoms with Crippen LogP contribution in [0.3, 0.4) is 0 Å². The average Bonchev–Trinajstić information content (AvgIpc) is 2.67. The molecule has 0 bridgehead atoms. The van der Waals surface area contributed by atoms with Gasteiger partial charge in [-0.05, 0) is 48.9 Å². The number of pyridine rings is 1. The molecule has 3 heteroatoms. The first-order valence-corrected chi connectivity index (χ1v) is 8.84. The van der Waals surface area contributed by atoms with Crippen molar-refractivity contribution in [2.75, 3.05) is 11.4 Å². The number of aromatic nitrogens is 1. The first-order chi connectivity index (χ1) is 12.7. The van der Waals surface area contributed by atoms with Gasteiger partial charge >= 0.3 is 0 Å². The minimum absolute atomic E-state index is 0.00415. The Kier molecular flexibility index (Phi) is 4.13. The summed E-state index contributed by atoms with van der Waals surface area (Å²) in [6, 6.07) is 24.0. The summed E-state index contributed by atoms with van der Waals surface area (Å²) in [6.45, 7) is 4.53. The van der Waals surface area contributed by atoms with Crippen LogP contribution in [0.1, 0.15) is 23.0 Å². The van der Waals surface area contributed by atoms with E-state index >= 15 is 0 Å². The van der Waals surface area contributed by atoms with E-state index in [0.29, 0.717) is 12.1 Å². The predicted molar refractivity (Wildman–Crippen MR) is 108 cm³/mol. The summed E-state index contributed by atoms with van der Waals surface area (Å²) in [4.78, 5) is 19.8. The molecule has 4 rings (SSSR count). The summed E-state index contributed by atoms with van der Waals surface area (Å²) < 4.78 is 0. The van der Waals surface area contributed by atoms with E-state index in [-0.39, 0.29) is 5.91 Å². The minimum atomic E-state index is 0.00415. The van der Waals surface area contributed by atoms with E-state index in [2.05, 4.69) is 29.2 Å². The lowest BCUT2D eigenvalue weighted by Gasteiger charge is -2.22. The van der Waals surface area contributed by atoms with Crippen LogP contribution in [0.4, 0.5) is 5.69 Å². The van der Waals surface area contributed by atoms with Gasteiger partial charge in [-0.15, -0.1) is 0 Å². The van der Waals surface area contributed by atoms with Gasteiger partial charge < -0.3 is 4.90 Å². The second-order valence-electron chi connectivity index (χ2n) is 6.41. The third kappa shape index (κ3) is 2.82. The molecule has 3 nitrogen and oxygen atoms in total. The average molecular weight is 340 g/mol. The van der Waals surface area contributed by atoms with Crippen molar-refractivity contribution in [1.82, 2.24) is 4.98 Å². The molecule has 0 atom stereocenters. The van der Waals surface area contributed by atoms with E-state index in [9.17, 15) is 4.79 Å². The van der Waals surface area contributed by atoms with Crippen molar-refractivity contribution in [1.29, 1.82) is 0 Å². The quantitative estimate of drug-likeness (QED) is 0.503. The van der Waals surface area contributed by atoms with Crippen molar-refractivity contribution >= 4 is 33.3 Å². The van der Waals surface area contributed by atoms with E-state index in [1.807, 2.05) is 67.3 Å². The summed E-state index contributed by atoms with van der Waals surface area (Å²) in [5.41, 5.74) is 3.31. The molecule has 0 unspecified atom stereocenters. The van der Waals surface area contributed by atoms with Crippen LogP contribution in [0.25, 0.3) is 21.7 Å². The number of para-hydroxylation sites is 1. The molecule has 0 radical (unpaired) electrons. The summed E-state index contributed by atoms with van der Waals surface area (Å²) >= 11 is 0. The van der Waals surface area contributed by atoms with Crippen molar-refractivity contribution in [2.45, 2.75) is 13.8 Å². The van der Waals surface area contributed by atoms with E-state index in [1.165, 1.54) is 5.39 Å². The Morgan fingerprint density at radius 3 is 2.46 bits per heavy atom. The summed E-state index contributed by atoms with van der Waals surface area (Å²) in [5, 5.41) is 3.19. The second-order valence-corrected chi connectivity index (χ2v) is 6.41. The van der Waals surface area contributed by atoms with Crippen LogP contribution in [0, 0.1) is 6.92 Å². The molecule has 0 aliphatic heterocycles. The lowest BCUT2D eigenvalue weighted by Crippen LogP contribution is -2.30. The zero-order chi connectivity index (χ0) is 18.1. The van der Waals surface area contributed by atoms with E-state index in [1.54, 1.807) is 0 Å². The van der Waals surface area contributed by atoms with E-state index in [0.717, 1.165) is 27.7 Å². The Labute approximate surface area is 152 Å². The predicted octanol–water partition coefficient (Wildman–Crippen LogP) is 5.36. The highest BCUT2D eigenvalue weighted by Gasteiger charge is 2.19.